The zero-order valence-corrected chi connectivity index (χ0v) is 15.5. The number of amides is 1. The van der Waals surface area contributed by atoms with Crippen LogP contribution in [-0.2, 0) is 9.47 Å². The molecule has 10 nitrogen and oxygen atoms in total. The fraction of sp³-hybridized carbons (Fsp3) is 0.500. The Hall–Kier alpha value is -2.85. The molecule has 148 valence electrons. The minimum Gasteiger partial charge on any atom is -0.350 e. The zero-order valence-electron chi connectivity index (χ0n) is 15.5. The fourth-order valence-electron chi connectivity index (χ4n) is 3.73. The summed E-state index contributed by atoms with van der Waals surface area (Å²) in [5, 5.41) is 19.1. The number of nitro groups is 1. The van der Waals surface area contributed by atoms with E-state index in [1.807, 2.05) is 0 Å². The van der Waals surface area contributed by atoms with Crippen LogP contribution in [0.15, 0.2) is 24.3 Å². The number of aromatic nitrogens is 3. The molecule has 3 heterocycles. The van der Waals surface area contributed by atoms with E-state index in [4.69, 9.17) is 9.47 Å². The molecule has 0 bridgehead atoms. The van der Waals surface area contributed by atoms with Crippen molar-refractivity contribution in [1.82, 2.24) is 19.9 Å². The summed E-state index contributed by atoms with van der Waals surface area (Å²) in [6, 6.07) is 6.08. The first-order chi connectivity index (χ1) is 13.5. The van der Waals surface area contributed by atoms with E-state index >= 15 is 0 Å². The minimum absolute atomic E-state index is 0.0456. The molecular weight excluding hydrogens is 366 g/mol. The Kier molecular flexibility index (Phi) is 5.05. The molecule has 1 aromatic carbocycles. The van der Waals surface area contributed by atoms with Gasteiger partial charge in [-0.1, -0.05) is 11.3 Å². The molecule has 4 rings (SSSR count). The second kappa shape index (κ2) is 7.64. The Labute approximate surface area is 161 Å². The lowest BCUT2D eigenvalue weighted by molar-refractivity contribution is -0.384. The molecule has 1 amide bonds. The average Bonchev–Trinajstić information content (AvgIpc) is 3.38. The minimum atomic E-state index is -0.469. The number of nitro benzene ring substituents is 1. The predicted octanol–water partition coefficient (Wildman–Crippen LogP) is 1.71. The first kappa shape index (κ1) is 18.5. The number of likely N-dealkylation sites (tertiary alicyclic amines) is 1. The molecule has 1 aromatic heterocycles. The average molecular weight is 387 g/mol. The summed E-state index contributed by atoms with van der Waals surface area (Å²) in [6.07, 6.45) is 1.57. The van der Waals surface area contributed by atoms with Crippen LogP contribution in [0.1, 0.15) is 29.0 Å². The molecule has 1 unspecified atom stereocenters. The van der Waals surface area contributed by atoms with Gasteiger partial charge in [0.1, 0.15) is 0 Å². The first-order valence-corrected chi connectivity index (χ1v) is 9.24. The van der Waals surface area contributed by atoms with Gasteiger partial charge >= 0.3 is 0 Å². The number of hydrogen-bond donors (Lipinski definition) is 0. The monoisotopic (exact) mass is 387 g/mol. The maximum Gasteiger partial charge on any atom is 0.276 e. The van der Waals surface area contributed by atoms with E-state index in [1.54, 1.807) is 24.0 Å². The van der Waals surface area contributed by atoms with E-state index < -0.39 is 4.92 Å². The summed E-state index contributed by atoms with van der Waals surface area (Å²) in [5.41, 5.74) is 1.24. The lowest BCUT2D eigenvalue weighted by Gasteiger charge is -2.34. The molecule has 2 aromatic rings. The summed E-state index contributed by atoms with van der Waals surface area (Å²) in [6.45, 7) is 4.10. The van der Waals surface area contributed by atoms with Crippen LogP contribution < -0.4 is 0 Å². The van der Waals surface area contributed by atoms with Gasteiger partial charge in [-0.25, -0.2) is 4.68 Å². The highest BCUT2D eigenvalue weighted by molar-refractivity contribution is 5.93. The lowest BCUT2D eigenvalue weighted by Crippen LogP contribution is -2.44. The maximum absolute atomic E-state index is 13.0. The van der Waals surface area contributed by atoms with Gasteiger partial charge in [0.15, 0.2) is 12.0 Å². The third-order valence-corrected chi connectivity index (χ3v) is 5.16. The molecule has 2 saturated heterocycles. The first-order valence-electron chi connectivity index (χ1n) is 9.24. The highest BCUT2D eigenvalue weighted by Crippen LogP contribution is 2.26. The Morgan fingerprint density at radius 3 is 2.86 bits per heavy atom. The summed E-state index contributed by atoms with van der Waals surface area (Å²) in [7, 11) is 0. The van der Waals surface area contributed by atoms with Crippen LogP contribution in [0.25, 0.3) is 5.69 Å². The summed E-state index contributed by atoms with van der Waals surface area (Å²) >= 11 is 0. The number of nitrogens with zero attached hydrogens (tertiary/aromatic N) is 5. The molecule has 0 saturated carbocycles. The topological polar surface area (TPSA) is 113 Å². The Bertz CT molecular complexity index is 892. The molecule has 2 aliphatic heterocycles. The highest BCUT2D eigenvalue weighted by Gasteiger charge is 2.34. The zero-order chi connectivity index (χ0) is 19.7. The standard InChI is InChI=1S/C18H21N5O5/c1-12-16(19-20-22(12)14-5-2-6-15(10-14)23(25)26)17(24)21-7-3-4-13(11-21)18-27-8-9-28-18/h2,5-6,10,13,18H,3-4,7-9,11H2,1H3. The maximum atomic E-state index is 13.0. The molecule has 1 atom stereocenters. The molecule has 2 aliphatic rings. The second-order valence-corrected chi connectivity index (χ2v) is 6.98. The van der Waals surface area contributed by atoms with Crippen molar-refractivity contribution in [2.75, 3.05) is 26.3 Å². The van der Waals surface area contributed by atoms with Gasteiger partial charge in [0.05, 0.1) is 29.5 Å². The van der Waals surface area contributed by atoms with Crippen LogP contribution in [0.2, 0.25) is 0 Å². The van der Waals surface area contributed by atoms with Crippen LogP contribution in [0, 0.1) is 23.0 Å². The molecule has 0 aliphatic carbocycles. The van der Waals surface area contributed by atoms with Gasteiger partial charge in [-0.05, 0) is 25.8 Å². The van der Waals surface area contributed by atoms with E-state index in [-0.39, 0.29) is 29.5 Å². The molecule has 2 fully saturated rings. The van der Waals surface area contributed by atoms with Gasteiger partial charge in [-0.3, -0.25) is 14.9 Å². The molecule has 0 N–H and O–H groups in total. The molecule has 0 radical (unpaired) electrons. The smallest absolute Gasteiger partial charge is 0.276 e. The molecule has 0 spiro atoms. The van der Waals surface area contributed by atoms with Crippen molar-refractivity contribution in [2.45, 2.75) is 26.1 Å². The number of carbonyl (C=O) groups excluding carboxylic acids is 1. The van der Waals surface area contributed by atoms with Gasteiger partial charge in [0.2, 0.25) is 0 Å². The van der Waals surface area contributed by atoms with Crippen molar-refractivity contribution in [2.24, 2.45) is 5.92 Å². The number of hydrogen-bond acceptors (Lipinski definition) is 7. The lowest BCUT2D eigenvalue weighted by atomic mass is 9.97. The van der Waals surface area contributed by atoms with E-state index in [0.717, 1.165) is 12.8 Å². The third kappa shape index (κ3) is 3.48. The number of carbonyl (C=O) groups is 1. The van der Waals surface area contributed by atoms with Crippen LogP contribution in [0.3, 0.4) is 0 Å². The Morgan fingerprint density at radius 2 is 2.11 bits per heavy atom. The quantitative estimate of drug-likeness (QED) is 0.580. The molecule has 28 heavy (non-hydrogen) atoms. The largest absolute Gasteiger partial charge is 0.350 e. The van der Waals surface area contributed by atoms with Crippen LogP contribution in [0.4, 0.5) is 5.69 Å². The normalized spacial score (nSPS) is 20.5. The van der Waals surface area contributed by atoms with Gasteiger partial charge in [0.25, 0.3) is 11.6 Å². The van der Waals surface area contributed by atoms with Gasteiger partial charge in [0, 0.05) is 31.1 Å². The number of piperidine rings is 1. The van der Waals surface area contributed by atoms with Crippen molar-refractivity contribution in [1.29, 1.82) is 0 Å². The van der Waals surface area contributed by atoms with Crippen molar-refractivity contribution in [3.63, 3.8) is 0 Å². The summed E-state index contributed by atoms with van der Waals surface area (Å²) < 4.78 is 12.6. The number of ether oxygens (including phenoxy) is 2. The van der Waals surface area contributed by atoms with E-state index in [2.05, 4.69) is 10.3 Å². The van der Waals surface area contributed by atoms with Crippen LogP contribution in [0.5, 0.6) is 0 Å². The van der Waals surface area contributed by atoms with Crippen molar-refractivity contribution < 1.29 is 19.2 Å². The van der Waals surface area contributed by atoms with Crippen molar-refractivity contribution >= 4 is 11.6 Å². The number of rotatable bonds is 4. The van der Waals surface area contributed by atoms with Crippen molar-refractivity contribution in [3.8, 4) is 5.69 Å². The summed E-state index contributed by atoms with van der Waals surface area (Å²) in [5.74, 6) is -0.0517. The van der Waals surface area contributed by atoms with Gasteiger partial charge < -0.3 is 14.4 Å². The third-order valence-electron chi connectivity index (χ3n) is 5.16. The summed E-state index contributed by atoms with van der Waals surface area (Å²) in [4.78, 5) is 25.3. The highest BCUT2D eigenvalue weighted by atomic mass is 16.7. The van der Waals surface area contributed by atoms with Crippen molar-refractivity contribution in [3.05, 3.63) is 45.8 Å². The second-order valence-electron chi connectivity index (χ2n) is 6.98. The van der Waals surface area contributed by atoms with Crippen LogP contribution >= 0.6 is 0 Å². The number of benzene rings is 1. The fourth-order valence-corrected chi connectivity index (χ4v) is 3.73. The van der Waals surface area contributed by atoms with E-state index in [1.165, 1.54) is 16.8 Å². The Balaban J connectivity index is 1.54. The van der Waals surface area contributed by atoms with E-state index in [9.17, 15) is 14.9 Å². The number of non-ortho nitro benzene ring substituents is 1. The Morgan fingerprint density at radius 1 is 1.32 bits per heavy atom. The van der Waals surface area contributed by atoms with E-state index in [0.29, 0.717) is 37.7 Å². The van der Waals surface area contributed by atoms with Gasteiger partial charge in [-0.2, -0.15) is 0 Å². The molecule has 10 heteroatoms. The van der Waals surface area contributed by atoms with Gasteiger partial charge in [-0.15, -0.1) is 5.10 Å². The predicted molar refractivity (Wildman–Crippen MR) is 97.1 cm³/mol. The SMILES string of the molecule is Cc1c(C(=O)N2CCCC(C3OCCO3)C2)nnn1-c1cccc([N+](=O)[O-])c1. The molecular formula is C18H21N5O5. The van der Waals surface area contributed by atoms with Crippen LogP contribution in [-0.4, -0.2) is 63.3 Å².